The fourth-order valence-corrected chi connectivity index (χ4v) is 3.15. The van der Waals surface area contributed by atoms with E-state index >= 15 is 0 Å². The van der Waals surface area contributed by atoms with Gasteiger partial charge in [-0.05, 0) is 0 Å². The van der Waals surface area contributed by atoms with Crippen molar-refractivity contribution in [2.45, 2.75) is 13.8 Å². The van der Waals surface area contributed by atoms with E-state index in [2.05, 4.69) is 0 Å². The smallest absolute Gasteiger partial charge is 0.303 e. The van der Waals surface area contributed by atoms with Gasteiger partial charge in [-0.3, -0.25) is 9.59 Å². The Morgan fingerprint density at radius 2 is 1.44 bits per heavy atom. The third kappa shape index (κ3) is 4.34. The van der Waals surface area contributed by atoms with Crippen molar-refractivity contribution in [3.63, 3.8) is 0 Å². The van der Waals surface area contributed by atoms with Crippen LogP contribution in [0.3, 0.4) is 0 Å². The highest BCUT2D eigenvalue weighted by molar-refractivity contribution is 7.71. The third-order valence-corrected chi connectivity index (χ3v) is 4.51. The van der Waals surface area contributed by atoms with Gasteiger partial charge in [-0.2, -0.15) is 0 Å². The highest BCUT2D eigenvalue weighted by Crippen LogP contribution is 2.44. The van der Waals surface area contributed by atoms with Crippen molar-refractivity contribution in [2.75, 3.05) is 12.7 Å². The molecule has 0 aliphatic heterocycles. The Morgan fingerprint density at radius 1 is 1.00 bits per heavy atom. The molecule has 0 N–H and O–H groups in total. The summed E-state index contributed by atoms with van der Waals surface area (Å²) < 4.78 is 22.3. The summed E-state index contributed by atoms with van der Waals surface area (Å²) in [5.41, 5.74) is 0. The molecule has 18 heavy (non-hydrogen) atoms. The lowest BCUT2D eigenvalue weighted by Crippen LogP contribution is -2.16. The van der Waals surface area contributed by atoms with Gasteiger partial charge in [0.1, 0.15) is 0 Å². The first-order valence-corrected chi connectivity index (χ1v) is 7.42. The minimum absolute atomic E-state index is 0.264. The molecule has 0 bridgehead atoms. The van der Waals surface area contributed by atoms with Crippen molar-refractivity contribution in [1.29, 1.82) is 0 Å². The molecule has 98 valence electrons. The van der Waals surface area contributed by atoms with Gasteiger partial charge in [0.05, 0.1) is 0 Å². The quantitative estimate of drug-likeness (QED) is 0.601. The van der Waals surface area contributed by atoms with Crippen LogP contribution in [0.15, 0.2) is 30.3 Å². The predicted octanol–water partition coefficient (Wildman–Crippen LogP) is 1.72. The number of ether oxygens (including phenoxy) is 2. The molecule has 1 aromatic carbocycles. The molecule has 0 aromatic heterocycles. The van der Waals surface area contributed by atoms with Gasteiger partial charge < -0.3 is 14.0 Å². The Labute approximate surface area is 105 Å². The monoisotopic (exact) mass is 270 g/mol. The zero-order chi connectivity index (χ0) is 13.6. The van der Waals surface area contributed by atoms with Gasteiger partial charge in [-0.15, -0.1) is 0 Å². The molecule has 1 aromatic rings. The number of carbonyl (C=O) groups excluding carboxylic acids is 2. The lowest BCUT2D eigenvalue weighted by atomic mass is 10.4. The molecule has 0 fully saturated rings. The molecular weight excluding hydrogens is 255 g/mol. The molecule has 6 heteroatoms. The Morgan fingerprint density at radius 3 is 1.83 bits per heavy atom. The first-order chi connectivity index (χ1) is 8.44. The average molecular weight is 270 g/mol. The van der Waals surface area contributed by atoms with E-state index < -0.39 is 19.1 Å². The van der Waals surface area contributed by atoms with Crippen molar-refractivity contribution in [3.8, 4) is 0 Å². The van der Waals surface area contributed by atoms with E-state index in [1.54, 1.807) is 30.3 Å². The van der Waals surface area contributed by atoms with Gasteiger partial charge in [0.15, 0.2) is 19.8 Å². The van der Waals surface area contributed by atoms with Crippen LogP contribution >= 0.6 is 7.14 Å². The van der Waals surface area contributed by atoms with Crippen molar-refractivity contribution in [3.05, 3.63) is 30.3 Å². The molecule has 0 saturated heterocycles. The Balaban J connectivity index is 2.90. The lowest BCUT2D eigenvalue weighted by molar-refractivity contribution is -0.139. The molecule has 0 atom stereocenters. The summed E-state index contributed by atoms with van der Waals surface area (Å²) in [5.74, 6) is -1.04. The van der Waals surface area contributed by atoms with E-state index in [0.29, 0.717) is 5.30 Å². The minimum Gasteiger partial charge on any atom is -0.457 e. The molecule has 0 aliphatic carbocycles. The maximum atomic E-state index is 12.7. The number of benzene rings is 1. The van der Waals surface area contributed by atoms with Gasteiger partial charge in [0.2, 0.25) is 0 Å². The van der Waals surface area contributed by atoms with Crippen molar-refractivity contribution in [2.24, 2.45) is 0 Å². The second kappa shape index (κ2) is 6.36. The minimum atomic E-state index is -3.07. The van der Waals surface area contributed by atoms with Gasteiger partial charge in [0, 0.05) is 19.2 Å². The third-order valence-electron chi connectivity index (χ3n) is 2.18. The molecular formula is C12H15O5P. The van der Waals surface area contributed by atoms with Gasteiger partial charge >= 0.3 is 11.9 Å². The van der Waals surface area contributed by atoms with Crippen molar-refractivity contribution < 1.29 is 23.6 Å². The van der Waals surface area contributed by atoms with Crippen LogP contribution < -0.4 is 5.30 Å². The van der Waals surface area contributed by atoms with Crippen molar-refractivity contribution >= 4 is 24.4 Å². The van der Waals surface area contributed by atoms with Crippen LogP contribution in [-0.4, -0.2) is 24.6 Å². The fourth-order valence-electron chi connectivity index (χ4n) is 1.28. The SMILES string of the molecule is CC(=O)OCP(=O)(COC(C)=O)c1ccccc1. The number of esters is 2. The Bertz CT molecular complexity index is 447. The van der Waals surface area contributed by atoms with Crippen LogP contribution in [0.5, 0.6) is 0 Å². The first kappa shape index (κ1) is 14.5. The average Bonchev–Trinajstić information content (AvgIpc) is 2.35. The van der Waals surface area contributed by atoms with E-state index in [1.165, 1.54) is 13.8 Å². The second-order valence-electron chi connectivity index (χ2n) is 3.75. The Hall–Kier alpha value is -1.61. The second-order valence-corrected chi connectivity index (χ2v) is 6.57. The van der Waals surface area contributed by atoms with E-state index in [4.69, 9.17) is 9.47 Å². The van der Waals surface area contributed by atoms with Crippen LogP contribution in [-0.2, 0) is 23.6 Å². The Kier molecular flexibility index (Phi) is 5.10. The standard InChI is InChI=1S/C12H15O5P/c1-10(13)16-8-18(15,9-17-11(2)14)12-6-4-3-5-7-12/h3-7H,8-9H2,1-2H3. The van der Waals surface area contributed by atoms with Gasteiger partial charge in [-0.1, -0.05) is 30.3 Å². The summed E-state index contributed by atoms with van der Waals surface area (Å²) >= 11 is 0. The topological polar surface area (TPSA) is 69.7 Å². The van der Waals surface area contributed by atoms with E-state index in [9.17, 15) is 14.2 Å². The summed E-state index contributed by atoms with van der Waals surface area (Å²) in [6.45, 7) is 2.47. The van der Waals surface area contributed by atoms with Crippen molar-refractivity contribution in [1.82, 2.24) is 0 Å². The summed E-state index contributed by atoms with van der Waals surface area (Å²) in [4.78, 5) is 21.6. The predicted molar refractivity (Wildman–Crippen MR) is 66.9 cm³/mol. The highest BCUT2D eigenvalue weighted by atomic mass is 31.2. The van der Waals surface area contributed by atoms with Gasteiger partial charge in [-0.25, -0.2) is 0 Å². The summed E-state index contributed by atoms with van der Waals surface area (Å²) in [6, 6.07) is 8.56. The maximum absolute atomic E-state index is 12.7. The highest BCUT2D eigenvalue weighted by Gasteiger charge is 2.27. The number of hydrogen-bond donors (Lipinski definition) is 0. The number of rotatable bonds is 5. The van der Waals surface area contributed by atoms with Crippen LogP contribution in [0.4, 0.5) is 0 Å². The molecule has 0 aliphatic rings. The molecule has 0 unspecified atom stereocenters. The van der Waals surface area contributed by atoms with Crippen LogP contribution in [0.25, 0.3) is 0 Å². The molecule has 0 radical (unpaired) electrons. The first-order valence-electron chi connectivity index (χ1n) is 5.34. The molecule has 1 rings (SSSR count). The lowest BCUT2D eigenvalue weighted by Gasteiger charge is -2.17. The summed E-state index contributed by atoms with van der Waals surface area (Å²) in [7, 11) is -3.07. The summed E-state index contributed by atoms with van der Waals surface area (Å²) in [5, 5.41) is 0.521. The molecule has 0 heterocycles. The van der Waals surface area contributed by atoms with Crippen LogP contribution in [0.1, 0.15) is 13.8 Å². The van der Waals surface area contributed by atoms with E-state index in [1.807, 2.05) is 0 Å². The van der Waals surface area contributed by atoms with E-state index in [0.717, 1.165) is 0 Å². The number of hydrogen-bond acceptors (Lipinski definition) is 5. The van der Waals surface area contributed by atoms with E-state index in [-0.39, 0.29) is 12.7 Å². The fraction of sp³-hybridized carbons (Fsp3) is 0.333. The molecule has 0 amide bonds. The number of carbonyl (C=O) groups is 2. The zero-order valence-electron chi connectivity index (χ0n) is 10.3. The molecule has 0 spiro atoms. The summed E-state index contributed by atoms with van der Waals surface area (Å²) in [6.07, 6.45) is -0.529. The van der Waals surface area contributed by atoms with Crippen LogP contribution in [0, 0.1) is 0 Å². The zero-order valence-corrected chi connectivity index (χ0v) is 11.2. The normalized spacial score (nSPS) is 10.8. The largest absolute Gasteiger partial charge is 0.457 e. The molecule has 5 nitrogen and oxygen atoms in total. The maximum Gasteiger partial charge on any atom is 0.303 e. The van der Waals surface area contributed by atoms with Gasteiger partial charge in [0.25, 0.3) is 0 Å². The molecule has 0 saturated carbocycles. The van der Waals surface area contributed by atoms with Crippen LogP contribution in [0.2, 0.25) is 0 Å².